The predicted molar refractivity (Wildman–Crippen MR) is 88.5 cm³/mol. The monoisotopic (exact) mass is 332 g/mol. The summed E-state index contributed by atoms with van der Waals surface area (Å²) in [5, 5.41) is 0. The fourth-order valence-corrected chi connectivity index (χ4v) is 3.56. The second-order valence-electron chi connectivity index (χ2n) is 6.47. The van der Waals surface area contributed by atoms with Gasteiger partial charge in [0, 0.05) is 16.6 Å². The molecule has 1 aromatic rings. The third-order valence-electron chi connectivity index (χ3n) is 3.54. The van der Waals surface area contributed by atoms with Crippen molar-refractivity contribution in [3.8, 4) is 5.75 Å². The van der Waals surface area contributed by atoms with Crippen molar-refractivity contribution >= 4 is 19.7 Å². The zero-order valence-electron chi connectivity index (χ0n) is 13.2. The first-order chi connectivity index (χ1) is 9.62. The first-order valence-corrected chi connectivity index (χ1v) is 9.73. The number of hydrogen-bond donors (Lipinski definition) is 0. The summed E-state index contributed by atoms with van der Waals surface area (Å²) in [5.74, 6) is 0.526. The van der Waals surface area contributed by atoms with Crippen LogP contribution in [0.1, 0.15) is 39.7 Å². The number of ether oxygens (including phenoxy) is 1. The highest BCUT2D eigenvalue weighted by atomic mass is 35.7. The Kier molecular flexibility index (Phi) is 6.54. The summed E-state index contributed by atoms with van der Waals surface area (Å²) in [7, 11) is 1.86. The van der Waals surface area contributed by atoms with Crippen LogP contribution in [0, 0.1) is 11.3 Å². The van der Waals surface area contributed by atoms with Crippen molar-refractivity contribution in [2.75, 3.05) is 12.4 Å². The third-order valence-corrected chi connectivity index (χ3v) is 4.72. The molecule has 120 valence electrons. The van der Waals surface area contributed by atoms with Gasteiger partial charge in [0.25, 0.3) is 0 Å². The summed E-state index contributed by atoms with van der Waals surface area (Å²) in [4.78, 5) is 0. The fraction of sp³-hybridized carbons (Fsp3) is 0.625. The summed E-state index contributed by atoms with van der Waals surface area (Å²) in [6.07, 6.45) is 2.16. The van der Waals surface area contributed by atoms with E-state index in [4.69, 9.17) is 15.4 Å². The fourth-order valence-electron chi connectivity index (χ4n) is 2.03. The second-order valence-corrected chi connectivity index (χ2v) is 9.30. The minimum atomic E-state index is -3.53. The van der Waals surface area contributed by atoms with Gasteiger partial charge in [-0.3, -0.25) is 0 Å². The lowest BCUT2D eigenvalue weighted by atomic mass is 9.82. The van der Waals surface area contributed by atoms with E-state index in [2.05, 4.69) is 6.92 Å². The second kappa shape index (κ2) is 7.50. The van der Waals surface area contributed by atoms with E-state index in [1.807, 2.05) is 45.0 Å². The van der Waals surface area contributed by atoms with Crippen molar-refractivity contribution in [1.29, 1.82) is 0 Å². The maximum Gasteiger partial charge on any atom is 0.233 e. The molecule has 0 aliphatic heterocycles. The number of aryl methyl sites for hydroxylation is 1. The number of hydrogen-bond acceptors (Lipinski definition) is 3. The molecule has 0 saturated heterocycles. The van der Waals surface area contributed by atoms with E-state index in [1.54, 1.807) is 0 Å². The van der Waals surface area contributed by atoms with E-state index >= 15 is 0 Å². The Balaban J connectivity index is 2.68. The Labute approximate surface area is 133 Å². The number of halogens is 1. The maximum atomic E-state index is 11.3. The molecule has 0 heterocycles. The average molecular weight is 333 g/mol. The molecular formula is C16H25ClO3S. The van der Waals surface area contributed by atoms with Crippen molar-refractivity contribution in [2.24, 2.45) is 11.3 Å². The molecule has 0 bridgehead atoms. The first kappa shape index (κ1) is 18.3. The van der Waals surface area contributed by atoms with Gasteiger partial charge in [0.15, 0.2) is 0 Å². The van der Waals surface area contributed by atoms with E-state index in [0.29, 0.717) is 6.61 Å². The zero-order chi connectivity index (χ0) is 16.1. The quantitative estimate of drug-likeness (QED) is 0.701. The molecule has 0 N–H and O–H groups in total. The maximum absolute atomic E-state index is 11.3. The molecule has 0 radical (unpaired) electrons. The average Bonchev–Trinajstić information content (AvgIpc) is 2.34. The summed E-state index contributed by atoms with van der Waals surface area (Å²) >= 11 is 0. The lowest BCUT2D eigenvalue weighted by Gasteiger charge is -2.29. The van der Waals surface area contributed by atoms with E-state index in [9.17, 15) is 8.42 Å². The third kappa shape index (κ3) is 7.18. The van der Waals surface area contributed by atoms with Crippen LogP contribution in [0.3, 0.4) is 0 Å². The highest BCUT2D eigenvalue weighted by molar-refractivity contribution is 8.13. The summed E-state index contributed by atoms with van der Waals surface area (Å²) < 4.78 is 28.4. The highest BCUT2D eigenvalue weighted by Gasteiger charge is 2.29. The van der Waals surface area contributed by atoms with Crippen molar-refractivity contribution in [3.63, 3.8) is 0 Å². The molecule has 5 heteroatoms. The Hall–Kier alpha value is -0.740. The van der Waals surface area contributed by atoms with Gasteiger partial charge in [0.2, 0.25) is 9.05 Å². The molecular weight excluding hydrogens is 308 g/mol. The van der Waals surface area contributed by atoms with Crippen molar-refractivity contribution in [3.05, 3.63) is 29.8 Å². The molecule has 1 rings (SSSR count). The van der Waals surface area contributed by atoms with Crippen LogP contribution >= 0.6 is 10.7 Å². The SMILES string of the molecule is CCCc1ccc(OCC(CS(=O)(=O)Cl)C(C)(C)C)cc1. The molecule has 1 aromatic carbocycles. The molecule has 0 aliphatic rings. The lowest BCUT2D eigenvalue weighted by molar-refractivity contribution is 0.163. The molecule has 0 amide bonds. The Morgan fingerprint density at radius 1 is 1.19 bits per heavy atom. The van der Waals surface area contributed by atoms with E-state index < -0.39 is 9.05 Å². The van der Waals surface area contributed by atoms with Crippen molar-refractivity contribution < 1.29 is 13.2 Å². The molecule has 0 saturated carbocycles. The lowest BCUT2D eigenvalue weighted by Crippen LogP contribution is -2.31. The van der Waals surface area contributed by atoms with Crippen LogP contribution in [0.4, 0.5) is 0 Å². The Bertz CT molecular complexity index is 530. The van der Waals surface area contributed by atoms with Crippen molar-refractivity contribution in [2.45, 2.75) is 40.5 Å². The van der Waals surface area contributed by atoms with E-state index in [-0.39, 0.29) is 17.1 Å². The molecule has 0 aliphatic carbocycles. The molecule has 1 unspecified atom stereocenters. The van der Waals surface area contributed by atoms with Gasteiger partial charge in [-0.2, -0.15) is 0 Å². The standard InChI is InChI=1S/C16H25ClO3S/c1-5-6-13-7-9-15(10-8-13)20-11-14(16(2,3)4)12-21(17,18)19/h7-10,14H,5-6,11-12H2,1-4H3. The topological polar surface area (TPSA) is 43.4 Å². The van der Waals surface area contributed by atoms with Crippen LogP contribution in [0.5, 0.6) is 5.75 Å². The minimum absolute atomic E-state index is 0.0774. The smallest absolute Gasteiger partial charge is 0.233 e. The largest absolute Gasteiger partial charge is 0.493 e. The number of rotatable bonds is 7. The van der Waals surface area contributed by atoms with Gasteiger partial charge in [-0.05, 0) is 29.5 Å². The van der Waals surface area contributed by atoms with Crippen LogP contribution in [0.25, 0.3) is 0 Å². The van der Waals surface area contributed by atoms with Crippen LogP contribution in [-0.4, -0.2) is 20.8 Å². The molecule has 1 atom stereocenters. The highest BCUT2D eigenvalue weighted by Crippen LogP contribution is 2.29. The molecule has 0 aromatic heterocycles. The van der Waals surface area contributed by atoms with Crippen LogP contribution in [0.2, 0.25) is 0 Å². The van der Waals surface area contributed by atoms with E-state index in [0.717, 1.165) is 18.6 Å². The number of benzene rings is 1. The van der Waals surface area contributed by atoms with E-state index in [1.165, 1.54) is 5.56 Å². The molecule has 0 spiro atoms. The zero-order valence-corrected chi connectivity index (χ0v) is 14.8. The van der Waals surface area contributed by atoms with Gasteiger partial charge < -0.3 is 4.74 Å². The molecule has 21 heavy (non-hydrogen) atoms. The van der Waals surface area contributed by atoms with Crippen LogP contribution in [-0.2, 0) is 15.5 Å². The van der Waals surface area contributed by atoms with Gasteiger partial charge in [-0.1, -0.05) is 46.2 Å². The van der Waals surface area contributed by atoms with Gasteiger partial charge in [0.05, 0.1) is 12.4 Å². The molecule has 0 fully saturated rings. The van der Waals surface area contributed by atoms with Crippen molar-refractivity contribution in [1.82, 2.24) is 0 Å². The van der Waals surface area contributed by atoms with Gasteiger partial charge in [0.1, 0.15) is 5.75 Å². The van der Waals surface area contributed by atoms with Gasteiger partial charge in [-0.15, -0.1) is 0 Å². The summed E-state index contributed by atoms with van der Waals surface area (Å²) in [5.41, 5.74) is 1.09. The van der Waals surface area contributed by atoms with Crippen LogP contribution < -0.4 is 4.74 Å². The molecule has 3 nitrogen and oxygen atoms in total. The summed E-state index contributed by atoms with van der Waals surface area (Å²) in [6.45, 7) is 8.46. The van der Waals surface area contributed by atoms with Crippen LogP contribution in [0.15, 0.2) is 24.3 Å². The van der Waals surface area contributed by atoms with Gasteiger partial charge in [-0.25, -0.2) is 8.42 Å². The minimum Gasteiger partial charge on any atom is -0.493 e. The normalized spacial score (nSPS) is 14.0. The predicted octanol–water partition coefficient (Wildman–Crippen LogP) is 4.25. The van der Waals surface area contributed by atoms with Gasteiger partial charge >= 0.3 is 0 Å². The summed E-state index contributed by atoms with van der Waals surface area (Å²) in [6, 6.07) is 7.95. The Morgan fingerprint density at radius 3 is 2.19 bits per heavy atom. The Morgan fingerprint density at radius 2 is 1.76 bits per heavy atom. The first-order valence-electron chi connectivity index (χ1n) is 7.26.